The molecule has 124 valence electrons. The molecule has 2 aliphatic heterocycles. The van der Waals surface area contributed by atoms with Crippen molar-refractivity contribution in [1.82, 2.24) is 9.47 Å². The first kappa shape index (κ1) is 15.0. The number of aromatic nitrogens is 1. The van der Waals surface area contributed by atoms with Gasteiger partial charge in [-0.05, 0) is 36.6 Å². The quantitative estimate of drug-likeness (QED) is 0.681. The van der Waals surface area contributed by atoms with Crippen molar-refractivity contribution in [1.29, 1.82) is 0 Å². The van der Waals surface area contributed by atoms with E-state index in [1.807, 2.05) is 6.07 Å². The van der Waals surface area contributed by atoms with Gasteiger partial charge in [-0.1, -0.05) is 18.2 Å². The van der Waals surface area contributed by atoms with Gasteiger partial charge in [0.25, 0.3) is 11.7 Å². The van der Waals surface area contributed by atoms with Crippen LogP contribution in [0, 0.1) is 0 Å². The summed E-state index contributed by atoms with van der Waals surface area (Å²) in [5.41, 5.74) is 3.11. The van der Waals surface area contributed by atoms with Gasteiger partial charge in [-0.3, -0.25) is 9.59 Å². The van der Waals surface area contributed by atoms with Crippen LogP contribution in [0.3, 0.4) is 0 Å². The smallest absolute Gasteiger partial charge is 0.296 e. The van der Waals surface area contributed by atoms with Crippen molar-refractivity contribution in [2.45, 2.75) is 18.3 Å². The van der Waals surface area contributed by atoms with Gasteiger partial charge in [-0.2, -0.15) is 0 Å². The largest absolute Gasteiger partial charge is 0.384 e. The van der Waals surface area contributed by atoms with Gasteiger partial charge in [0.15, 0.2) is 0 Å². The number of benzene rings is 1. The van der Waals surface area contributed by atoms with Crippen LogP contribution in [-0.2, 0) is 17.3 Å². The number of para-hydroxylation sites is 1. The predicted octanol–water partition coefficient (Wildman–Crippen LogP) is 2.19. The Kier molecular flexibility index (Phi) is 3.44. The Balaban J connectivity index is 1.48. The van der Waals surface area contributed by atoms with Crippen molar-refractivity contribution in [3.8, 4) is 0 Å². The van der Waals surface area contributed by atoms with E-state index >= 15 is 0 Å². The molecule has 0 aliphatic carbocycles. The molecule has 1 aromatic carbocycles. The fraction of sp³-hybridized carbons (Fsp3) is 0.368. The Labute approximate surface area is 141 Å². The van der Waals surface area contributed by atoms with E-state index in [9.17, 15) is 9.59 Å². The Morgan fingerprint density at radius 1 is 1.08 bits per heavy atom. The molecular weight excluding hydrogens is 302 g/mol. The molecule has 5 heteroatoms. The van der Waals surface area contributed by atoms with Crippen LogP contribution in [0.4, 0.5) is 5.69 Å². The maximum absolute atomic E-state index is 12.5. The molecule has 1 fully saturated rings. The van der Waals surface area contributed by atoms with Gasteiger partial charge in [0, 0.05) is 44.0 Å². The molecule has 1 aromatic heterocycles. The second kappa shape index (κ2) is 5.51. The van der Waals surface area contributed by atoms with Gasteiger partial charge in [-0.25, -0.2) is 0 Å². The fourth-order valence-electron chi connectivity index (χ4n) is 3.99. The molecule has 1 saturated heterocycles. The molecule has 0 unspecified atom stereocenters. The summed E-state index contributed by atoms with van der Waals surface area (Å²) in [4.78, 5) is 26.7. The number of carbonyl (C=O) groups excluding carboxylic acids is 2. The van der Waals surface area contributed by atoms with Crippen molar-refractivity contribution in [2.24, 2.45) is 7.05 Å². The second-order valence-corrected chi connectivity index (χ2v) is 6.81. The van der Waals surface area contributed by atoms with Crippen molar-refractivity contribution in [3.05, 3.63) is 53.9 Å². The van der Waals surface area contributed by atoms with Gasteiger partial charge in [-0.15, -0.1) is 0 Å². The molecule has 0 atom stereocenters. The Morgan fingerprint density at radius 2 is 1.83 bits per heavy atom. The van der Waals surface area contributed by atoms with Crippen LogP contribution >= 0.6 is 0 Å². The third kappa shape index (κ3) is 2.23. The average molecular weight is 323 g/mol. The lowest BCUT2D eigenvalue weighted by Gasteiger charge is -2.39. The zero-order valence-corrected chi connectivity index (χ0v) is 13.8. The first-order valence-electron chi connectivity index (χ1n) is 8.39. The molecule has 0 saturated carbocycles. The number of ketones is 1. The highest BCUT2D eigenvalue weighted by Crippen LogP contribution is 2.43. The molecule has 3 heterocycles. The molecule has 1 N–H and O–H groups in total. The number of nitrogens with one attached hydrogen (secondary N) is 1. The summed E-state index contributed by atoms with van der Waals surface area (Å²) in [5.74, 6) is -0.797. The highest BCUT2D eigenvalue weighted by atomic mass is 16.2. The molecule has 0 bridgehead atoms. The first-order valence-corrected chi connectivity index (χ1v) is 8.39. The summed E-state index contributed by atoms with van der Waals surface area (Å²) < 4.78 is 1.70. The van der Waals surface area contributed by atoms with Gasteiger partial charge in [0.05, 0.1) is 5.69 Å². The fourth-order valence-corrected chi connectivity index (χ4v) is 3.99. The highest BCUT2D eigenvalue weighted by Gasteiger charge is 2.42. The monoisotopic (exact) mass is 323 g/mol. The van der Waals surface area contributed by atoms with Crippen molar-refractivity contribution < 1.29 is 9.59 Å². The van der Waals surface area contributed by atoms with E-state index in [1.165, 1.54) is 11.3 Å². The van der Waals surface area contributed by atoms with Gasteiger partial charge >= 0.3 is 0 Å². The van der Waals surface area contributed by atoms with E-state index in [1.54, 1.807) is 34.8 Å². The minimum atomic E-state index is -0.414. The number of Topliss-reactive ketones (excluding diaryl/α,β-unsaturated/α-hetero) is 1. The van der Waals surface area contributed by atoms with Crippen LogP contribution in [0.15, 0.2) is 42.6 Å². The molecule has 2 aliphatic rings. The first-order chi connectivity index (χ1) is 11.6. The lowest BCUT2D eigenvalue weighted by atomic mass is 9.74. The Morgan fingerprint density at radius 3 is 2.54 bits per heavy atom. The molecule has 0 radical (unpaired) electrons. The normalized spacial score (nSPS) is 18.3. The summed E-state index contributed by atoms with van der Waals surface area (Å²) in [7, 11) is 1.78. The molecule has 5 nitrogen and oxygen atoms in total. The van der Waals surface area contributed by atoms with Crippen LogP contribution < -0.4 is 5.32 Å². The van der Waals surface area contributed by atoms with E-state index in [2.05, 4.69) is 23.5 Å². The Hall–Kier alpha value is -2.56. The summed E-state index contributed by atoms with van der Waals surface area (Å²) in [6.07, 6.45) is 3.57. The second-order valence-electron chi connectivity index (χ2n) is 6.81. The number of anilines is 1. The van der Waals surface area contributed by atoms with Crippen molar-refractivity contribution in [2.75, 3.05) is 25.0 Å². The highest BCUT2D eigenvalue weighted by molar-refractivity contribution is 6.42. The van der Waals surface area contributed by atoms with Crippen LogP contribution in [0.1, 0.15) is 28.9 Å². The van der Waals surface area contributed by atoms with Crippen LogP contribution in [-0.4, -0.2) is 40.8 Å². The Bertz CT molecular complexity index is 800. The minimum Gasteiger partial charge on any atom is -0.384 e. The zero-order valence-electron chi connectivity index (χ0n) is 13.8. The number of nitrogens with zero attached hydrogens (tertiary/aromatic N) is 2. The third-order valence-corrected chi connectivity index (χ3v) is 5.49. The predicted molar refractivity (Wildman–Crippen MR) is 92.2 cm³/mol. The summed E-state index contributed by atoms with van der Waals surface area (Å²) >= 11 is 0. The van der Waals surface area contributed by atoms with Crippen LogP contribution in [0.5, 0.6) is 0 Å². The number of likely N-dealkylation sites (tertiary alicyclic amines) is 1. The molecule has 4 rings (SSSR count). The third-order valence-electron chi connectivity index (χ3n) is 5.49. The molecule has 1 spiro atoms. The number of rotatable bonds is 2. The lowest BCUT2D eigenvalue weighted by Crippen LogP contribution is -2.48. The molecular formula is C19H21N3O2. The lowest BCUT2D eigenvalue weighted by molar-refractivity contribution is -0.128. The van der Waals surface area contributed by atoms with Gasteiger partial charge in [0.1, 0.15) is 0 Å². The minimum absolute atomic E-state index is 0.0986. The molecule has 2 aromatic rings. The number of aryl methyl sites for hydroxylation is 1. The van der Waals surface area contributed by atoms with E-state index < -0.39 is 5.78 Å². The van der Waals surface area contributed by atoms with Crippen molar-refractivity contribution in [3.63, 3.8) is 0 Å². The molecule has 1 amide bonds. The topological polar surface area (TPSA) is 54.3 Å². The number of piperidine rings is 1. The maximum atomic E-state index is 12.5. The summed E-state index contributed by atoms with van der Waals surface area (Å²) in [6.45, 7) is 2.18. The van der Waals surface area contributed by atoms with Gasteiger partial charge < -0.3 is 14.8 Å². The van der Waals surface area contributed by atoms with Crippen LogP contribution in [0.25, 0.3) is 0 Å². The summed E-state index contributed by atoms with van der Waals surface area (Å²) in [5, 5.41) is 3.48. The number of hydrogen-bond acceptors (Lipinski definition) is 3. The van der Waals surface area contributed by atoms with E-state index in [0.29, 0.717) is 18.8 Å². The number of fused-ring (bicyclic) bond motifs is 2. The number of hydrogen-bond donors (Lipinski definition) is 1. The average Bonchev–Trinajstić information content (AvgIpc) is 3.19. The summed E-state index contributed by atoms with van der Waals surface area (Å²) in [6, 6.07) is 11.9. The number of amides is 1. The van der Waals surface area contributed by atoms with E-state index in [0.717, 1.165) is 19.4 Å². The molecule has 24 heavy (non-hydrogen) atoms. The maximum Gasteiger partial charge on any atom is 0.296 e. The SMILES string of the molecule is Cn1cccc1C(=O)C(=O)N1CCC2(CC1)CNc1ccccc12. The van der Waals surface area contributed by atoms with E-state index in [-0.39, 0.29) is 11.3 Å². The van der Waals surface area contributed by atoms with Gasteiger partial charge in [0.2, 0.25) is 0 Å². The van der Waals surface area contributed by atoms with Crippen LogP contribution in [0.2, 0.25) is 0 Å². The standard InChI is InChI=1S/C19H21N3O2/c1-21-10-4-7-16(21)17(23)18(24)22-11-8-19(9-12-22)13-20-15-6-3-2-5-14(15)19/h2-7,10,20H,8-9,11-13H2,1H3. The zero-order chi connectivity index (χ0) is 16.7. The number of carbonyl (C=O) groups is 2. The van der Waals surface area contributed by atoms with E-state index in [4.69, 9.17) is 0 Å². The van der Waals surface area contributed by atoms with Crippen molar-refractivity contribution >= 4 is 17.4 Å².